The Kier molecular flexibility index (Phi) is 2.08. The summed E-state index contributed by atoms with van der Waals surface area (Å²) in [6, 6.07) is 0.0172. The monoisotopic (exact) mass is 137 g/mol. The average Bonchev–Trinajstić information content (AvgIpc) is 2.68. The number of nitrogens with two attached hydrogens (primary N) is 1. The molecule has 0 aromatic carbocycles. The number of Topliss-reactive ketones (excluding diaryl/α,β-unsaturated/α-hetero) is 1. The number of carbonyl (C=O) groups is 1. The summed E-state index contributed by atoms with van der Waals surface area (Å²) in [7, 11) is 0. The highest BCUT2D eigenvalue weighted by Crippen LogP contribution is 2.32. The zero-order valence-electron chi connectivity index (χ0n) is 5.84. The average molecular weight is 137 g/mol. The summed E-state index contributed by atoms with van der Waals surface area (Å²) in [5, 5.41) is 0. The van der Waals surface area contributed by atoms with Gasteiger partial charge in [-0.15, -0.1) is 6.42 Å². The molecule has 2 heteroatoms. The van der Waals surface area contributed by atoms with Crippen molar-refractivity contribution in [1.82, 2.24) is 0 Å². The summed E-state index contributed by atoms with van der Waals surface area (Å²) in [6.45, 7) is 0. The molecule has 1 saturated carbocycles. The topological polar surface area (TPSA) is 43.1 Å². The first kappa shape index (κ1) is 7.30. The van der Waals surface area contributed by atoms with E-state index in [4.69, 9.17) is 12.2 Å². The number of hydrogen-bond donors (Lipinski definition) is 1. The SMILES string of the molecule is C#CC(=O)CC(N)C1CC1. The van der Waals surface area contributed by atoms with E-state index in [2.05, 4.69) is 5.92 Å². The fraction of sp³-hybridized carbons (Fsp3) is 0.625. The van der Waals surface area contributed by atoms with Crippen LogP contribution in [0.2, 0.25) is 0 Å². The van der Waals surface area contributed by atoms with Gasteiger partial charge >= 0.3 is 0 Å². The summed E-state index contributed by atoms with van der Waals surface area (Å²) in [5.74, 6) is 2.46. The van der Waals surface area contributed by atoms with E-state index >= 15 is 0 Å². The van der Waals surface area contributed by atoms with Crippen molar-refractivity contribution in [3.8, 4) is 12.3 Å². The molecule has 0 bridgehead atoms. The zero-order chi connectivity index (χ0) is 7.56. The molecule has 1 aliphatic rings. The Labute approximate surface area is 60.8 Å². The van der Waals surface area contributed by atoms with Crippen LogP contribution in [0.4, 0.5) is 0 Å². The maximum atomic E-state index is 10.6. The Balaban J connectivity index is 2.24. The van der Waals surface area contributed by atoms with Crippen molar-refractivity contribution < 1.29 is 4.79 Å². The van der Waals surface area contributed by atoms with E-state index in [0.29, 0.717) is 12.3 Å². The predicted molar refractivity (Wildman–Crippen MR) is 39.2 cm³/mol. The Morgan fingerprint density at radius 2 is 2.40 bits per heavy atom. The molecule has 1 unspecified atom stereocenters. The van der Waals surface area contributed by atoms with Crippen molar-refractivity contribution in [3.63, 3.8) is 0 Å². The van der Waals surface area contributed by atoms with Crippen LogP contribution in [0.25, 0.3) is 0 Å². The molecule has 1 aliphatic carbocycles. The molecule has 1 atom stereocenters. The van der Waals surface area contributed by atoms with Crippen LogP contribution in [-0.4, -0.2) is 11.8 Å². The third-order valence-electron chi connectivity index (χ3n) is 1.81. The van der Waals surface area contributed by atoms with Gasteiger partial charge in [-0.05, 0) is 24.7 Å². The first-order valence-electron chi connectivity index (χ1n) is 3.49. The number of terminal acetylenes is 1. The van der Waals surface area contributed by atoms with Gasteiger partial charge in [-0.1, -0.05) is 0 Å². The van der Waals surface area contributed by atoms with E-state index in [0.717, 1.165) is 0 Å². The van der Waals surface area contributed by atoms with Crippen molar-refractivity contribution in [1.29, 1.82) is 0 Å². The Bertz CT molecular complexity index is 176. The van der Waals surface area contributed by atoms with Crippen molar-refractivity contribution in [2.24, 2.45) is 11.7 Å². The van der Waals surface area contributed by atoms with Gasteiger partial charge in [0.25, 0.3) is 0 Å². The molecule has 0 aromatic rings. The minimum absolute atomic E-state index is 0.0172. The molecule has 0 spiro atoms. The normalized spacial score (nSPS) is 19.6. The van der Waals surface area contributed by atoms with E-state index in [1.807, 2.05) is 0 Å². The molecule has 10 heavy (non-hydrogen) atoms. The van der Waals surface area contributed by atoms with E-state index in [1.54, 1.807) is 0 Å². The summed E-state index contributed by atoms with van der Waals surface area (Å²) in [6.07, 6.45) is 7.58. The van der Waals surface area contributed by atoms with Gasteiger partial charge in [0.2, 0.25) is 5.78 Å². The highest BCUT2D eigenvalue weighted by Gasteiger charge is 2.29. The van der Waals surface area contributed by atoms with E-state index in [9.17, 15) is 4.79 Å². The van der Waals surface area contributed by atoms with Gasteiger partial charge < -0.3 is 5.73 Å². The molecule has 2 nitrogen and oxygen atoms in total. The maximum Gasteiger partial charge on any atom is 0.206 e. The number of ketones is 1. The van der Waals surface area contributed by atoms with Gasteiger partial charge in [-0.2, -0.15) is 0 Å². The van der Waals surface area contributed by atoms with Gasteiger partial charge in [0, 0.05) is 12.5 Å². The molecule has 0 saturated heterocycles. The maximum absolute atomic E-state index is 10.6. The van der Waals surface area contributed by atoms with Crippen LogP contribution in [0.15, 0.2) is 0 Å². The molecule has 0 heterocycles. The van der Waals surface area contributed by atoms with Crippen molar-refractivity contribution >= 4 is 5.78 Å². The number of carbonyl (C=O) groups excluding carboxylic acids is 1. The Morgan fingerprint density at radius 1 is 1.80 bits per heavy atom. The van der Waals surface area contributed by atoms with Crippen LogP contribution in [0.1, 0.15) is 19.3 Å². The summed E-state index contributed by atoms with van der Waals surface area (Å²) < 4.78 is 0. The van der Waals surface area contributed by atoms with Crippen LogP contribution in [-0.2, 0) is 4.79 Å². The predicted octanol–water partition coefficient (Wildman–Crippen LogP) is 0.316. The molecule has 1 fully saturated rings. The second kappa shape index (κ2) is 2.85. The first-order valence-corrected chi connectivity index (χ1v) is 3.49. The second-order valence-corrected chi connectivity index (χ2v) is 2.77. The number of rotatable bonds is 3. The van der Waals surface area contributed by atoms with Crippen molar-refractivity contribution in [3.05, 3.63) is 0 Å². The standard InChI is InChI=1S/C8H11NO/c1-2-7(10)5-8(9)6-3-4-6/h1,6,8H,3-5,9H2. The van der Waals surface area contributed by atoms with Crippen molar-refractivity contribution in [2.45, 2.75) is 25.3 Å². The van der Waals surface area contributed by atoms with Crippen LogP contribution >= 0.6 is 0 Å². The van der Waals surface area contributed by atoms with Crippen LogP contribution in [0.3, 0.4) is 0 Å². The van der Waals surface area contributed by atoms with Gasteiger partial charge in [0.15, 0.2) is 0 Å². The summed E-state index contributed by atoms with van der Waals surface area (Å²) in [4.78, 5) is 10.6. The molecule has 2 N–H and O–H groups in total. The molecule has 0 aliphatic heterocycles. The minimum Gasteiger partial charge on any atom is -0.327 e. The Morgan fingerprint density at radius 3 is 2.80 bits per heavy atom. The highest BCUT2D eigenvalue weighted by molar-refractivity contribution is 5.95. The molecule has 1 rings (SSSR count). The third kappa shape index (κ3) is 1.85. The fourth-order valence-corrected chi connectivity index (χ4v) is 0.964. The number of hydrogen-bond acceptors (Lipinski definition) is 2. The van der Waals surface area contributed by atoms with E-state index in [1.165, 1.54) is 12.8 Å². The van der Waals surface area contributed by atoms with Gasteiger partial charge in [-0.3, -0.25) is 4.79 Å². The lowest BCUT2D eigenvalue weighted by atomic mass is 10.1. The molecule has 0 aromatic heterocycles. The lowest BCUT2D eigenvalue weighted by molar-refractivity contribution is -0.114. The zero-order valence-corrected chi connectivity index (χ0v) is 5.84. The smallest absolute Gasteiger partial charge is 0.206 e. The van der Waals surface area contributed by atoms with E-state index < -0.39 is 0 Å². The van der Waals surface area contributed by atoms with Crippen LogP contribution < -0.4 is 5.73 Å². The molecule has 54 valence electrons. The molecule has 0 amide bonds. The summed E-state index contributed by atoms with van der Waals surface area (Å²) in [5.41, 5.74) is 5.64. The highest BCUT2D eigenvalue weighted by atomic mass is 16.1. The molecule has 0 radical (unpaired) electrons. The second-order valence-electron chi connectivity index (χ2n) is 2.77. The van der Waals surface area contributed by atoms with Gasteiger partial charge in [0.05, 0.1) is 0 Å². The fourth-order valence-electron chi connectivity index (χ4n) is 0.964. The van der Waals surface area contributed by atoms with Gasteiger partial charge in [-0.25, -0.2) is 0 Å². The molecular formula is C8H11NO. The first-order chi connectivity index (χ1) is 4.74. The van der Waals surface area contributed by atoms with Crippen molar-refractivity contribution in [2.75, 3.05) is 0 Å². The van der Waals surface area contributed by atoms with Crippen LogP contribution in [0, 0.1) is 18.3 Å². The quantitative estimate of drug-likeness (QED) is 0.449. The third-order valence-corrected chi connectivity index (χ3v) is 1.81. The van der Waals surface area contributed by atoms with Gasteiger partial charge in [0.1, 0.15) is 0 Å². The summed E-state index contributed by atoms with van der Waals surface area (Å²) >= 11 is 0. The molecular weight excluding hydrogens is 126 g/mol. The lowest BCUT2D eigenvalue weighted by Crippen LogP contribution is -2.25. The van der Waals surface area contributed by atoms with E-state index in [-0.39, 0.29) is 11.8 Å². The lowest BCUT2D eigenvalue weighted by Gasteiger charge is -2.04. The van der Waals surface area contributed by atoms with Crippen LogP contribution in [0.5, 0.6) is 0 Å². The minimum atomic E-state index is -0.167. The largest absolute Gasteiger partial charge is 0.327 e. The Hall–Kier alpha value is -0.810.